The maximum atomic E-state index is 2.50. The van der Waals surface area contributed by atoms with Crippen LogP contribution in [0.25, 0.3) is 77.9 Å². The number of anilines is 3. The van der Waals surface area contributed by atoms with Crippen LogP contribution in [0.15, 0.2) is 267 Å². The lowest BCUT2D eigenvalue weighted by Gasteiger charge is -2.31. The lowest BCUT2D eigenvalue weighted by molar-refractivity contribution is 0.662. The van der Waals surface area contributed by atoms with Crippen molar-refractivity contribution in [3.63, 3.8) is 0 Å². The Kier molecular flexibility index (Phi) is 10.4. The fraction of sp³-hybridized carbons (Fsp3) is 0.0704. The number of hydrogen-bond donors (Lipinski definition) is 0. The molecule has 0 spiro atoms. The number of nitrogens with zero attached hydrogens (tertiary/aromatic N) is 1. The Morgan fingerprint density at radius 2 is 0.722 bits per heavy atom. The predicted octanol–water partition coefficient (Wildman–Crippen LogP) is 19.1. The van der Waals surface area contributed by atoms with E-state index in [4.69, 9.17) is 0 Å². The minimum Gasteiger partial charge on any atom is -0.309 e. The summed E-state index contributed by atoms with van der Waals surface area (Å²) < 4.78 is 0. The molecule has 1 heteroatoms. The number of para-hydroxylation sites is 2. The zero-order valence-corrected chi connectivity index (χ0v) is 40.9. The molecular weight excluding hydrogens is 867 g/mol. The molecule has 0 fully saturated rings. The van der Waals surface area contributed by atoms with Crippen molar-refractivity contribution in [2.75, 3.05) is 4.90 Å². The molecule has 0 N–H and O–H groups in total. The first-order chi connectivity index (χ1) is 35.4. The van der Waals surface area contributed by atoms with E-state index in [9.17, 15) is 0 Å². The van der Waals surface area contributed by atoms with Crippen LogP contribution in [0.1, 0.15) is 48.6 Å². The van der Waals surface area contributed by atoms with Crippen molar-refractivity contribution in [2.24, 2.45) is 0 Å². The van der Waals surface area contributed by atoms with E-state index >= 15 is 0 Å². The van der Waals surface area contributed by atoms with Gasteiger partial charge in [0.2, 0.25) is 0 Å². The second-order valence-electron chi connectivity index (χ2n) is 20.1. The van der Waals surface area contributed by atoms with Crippen LogP contribution in [0.4, 0.5) is 17.1 Å². The zero-order chi connectivity index (χ0) is 48.4. The van der Waals surface area contributed by atoms with Gasteiger partial charge in [0.15, 0.2) is 0 Å². The van der Waals surface area contributed by atoms with E-state index in [-0.39, 0.29) is 10.8 Å². The second-order valence-corrected chi connectivity index (χ2v) is 20.1. The molecule has 1 nitrogen and oxygen atoms in total. The third-order valence-electron chi connectivity index (χ3n) is 15.8. The van der Waals surface area contributed by atoms with E-state index in [1.807, 2.05) is 0 Å². The van der Waals surface area contributed by atoms with Gasteiger partial charge in [-0.25, -0.2) is 0 Å². The van der Waals surface area contributed by atoms with Crippen molar-refractivity contribution in [1.82, 2.24) is 0 Å². The van der Waals surface area contributed by atoms with Gasteiger partial charge in [-0.3, -0.25) is 0 Å². The maximum absolute atomic E-state index is 2.50. The third-order valence-corrected chi connectivity index (χ3v) is 15.8. The molecule has 0 bridgehead atoms. The van der Waals surface area contributed by atoms with Gasteiger partial charge in [-0.15, -0.1) is 0 Å². The average molecular weight is 920 g/mol. The molecule has 0 saturated heterocycles. The minimum atomic E-state index is -0.277. The van der Waals surface area contributed by atoms with Crippen molar-refractivity contribution < 1.29 is 0 Å². The molecular formula is C71H53N. The van der Waals surface area contributed by atoms with Crippen molar-refractivity contribution in [3.8, 4) is 77.9 Å². The largest absolute Gasteiger partial charge is 0.309 e. The van der Waals surface area contributed by atoms with E-state index in [1.165, 1.54) is 94.6 Å². The normalized spacial score (nSPS) is 14.8. The molecule has 0 aromatic heterocycles. The summed E-state index contributed by atoms with van der Waals surface area (Å²) in [4.78, 5) is 2.50. The summed E-state index contributed by atoms with van der Waals surface area (Å²) >= 11 is 0. The van der Waals surface area contributed by atoms with Gasteiger partial charge < -0.3 is 4.90 Å². The van der Waals surface area contributed by atoms with E-state index in [2.05, 4.69) is 293 Å². The number of hydrogen-bond acceptors (Lipinski definition) is 1. The van der Waals surface area contributed by atoms with Gasteiger partial charge in [0.25, 0.3) is 0 Å². The lowest BCUT2D eigenvalue weighted by Crippen LogP contribution is -2.22. The molecule has 342 valence electrons. The molecule has 0 heterocycles. The summed E-state index contributed by atoms with van der Waals surface area (Å²) in [6, 6.07) is 98.7. The molecule has 1 unspecified atom stereocenters. The molecule has 13 rings (SSSR count). The fourth-order valence-corrected chi connectivity index (χ4v) is 12.3. The number of fused-ring (bicyclic) bond motifs is 6. The first-order valence-electron chi connectivity index (χ1n) is 25.3. The molecule has 1 atom stereocenters. The quantitative estimate of drug-likeness (QED) is 0.139. The van der Waals surface area contributed by atoms with Crippen LogP contribution in [0, 0.1) is 0 Å². The van der Waals surface area contributed by atoms with E-state index < -0.39 is 0 Å². The summed E-state index contributed by atoms with van der Waals surface area (Å²) in [6.45, 7) is 7.17. The predicted molar refractivity (Wildman–Crippen MR) is 303 cm³/mol. The Labute approximate surface area is 424 Å². The van der Waals surface area contributed by atoms with Gasteiger partial charge in [-0.2, -0.15) is 0 Å². The monoisotopic (exact) mass is 919 g/mol. The molecule has 0 saturated carbocycles. The molecule has 11 aromatic carbocycles. The van der Waals surface area contributed by atoms with Crippen molar-refractivity contribution in [1.29, 1.82) is 0 Å². The molecule has 2 aliphatic rings. The maximum Gasteiger partial charge on any atom is 0.0540 e. The summed E-state index contributed by atoms with van der Waals surface area (Å²) in [5.74, 6) is 0. The van der Waals surface area contributed by atoms with Crippen LogP contribution in [0.2, 0.25) is 0 Å². The van der Waals surface area contributed by atoms with Gasteiger partial charge in [0, 0.05) is 27.6 Å². The molecule has 0 aliphatic heterocycles. The van der Waals surface area contributed by atoms with E-state index in [0.717, 1.165) is 28.2 Å². The standard InChI is InChI=1S/C71H53N/c1-70(2)64-34-17-13-30-58(64)61-32-21-33-62(69(61)70)60-31-16-20-37-68(60)72(67-36-19-15-28-56(67)52-41-44-55(49-22-7-4-8-23-49)63(46-52)50-24-9-5-10-25-50)54-42-38-48(39-43-54)51-40-45-59-57-29-14-18-35-65(57)71(3,66(59)47-51)53-26-11-6-12-27-53/h4-47H,1-3H3. The van der Waals surface area contributed by atoms with Crippen LogP contribution in [0.3, 0.4) is 0 Å². The Morgan fingerprint density at radius 1 is 0.264 bits per heavy atom. The van der Waals surface area contributed by atoms with Crippen LogP contribution < -0.4 is 4.90 Å². The highest BCUT2D eigenvalue weighted by Crippen LogP contribution is 2.56. The van der Waals surface area contributed by atoms with Crippen LogP contribution in [-0.4, -0.2) is 0 Å². The van der Waals surface area contributed by atoms with Gasteiger partial charge in [-0.05, 0) is 138 Å². The lowest BCUT2D eigenvalue weighted by atomic mass is 9.74. The number of benzene rings is 11. The molecule has 2 aliphatic carbocycles. The first-order valence-corrected chi connectivity index (χ1v) is 25.3. The SMILES string of the molecule is CC1(C)c2ccccc2-c2cccc(-c3ccccc3N(c3ccc(-c4ccc5c(c4)C(C)(c4ccccc4)c4ccccc4-5)cc3)c3ccccc3-c3ccc(-c4ccccc4)c(-c4ccccc4)c3)c21. The summed E-state index contributed by atoms with van der Waals surface area (Å²) in [7, 11) is 0. The van der Waals surface area contributed by atoms with Gasteiger partial charge in [0.05, 0.1) is 11.4 Å². The van der Waals surface area contributed by atoms with Crippen molar-refractivity contribution in [3.05, 3.63) is 295 Å². The molecule has 0 amide bonds. The second kappa shape index (κ2) is 17.3. The van der Waals surface area contributed by atoms with Crippen LogP contribution in [-0.2, 0) is 10.8 Å². The number of rotatable bonds is 9. The zero-order valence-electron chi connectivity index (χ0n) is 40.9. The Morgan fingerprint density at radius 3 is 1.40 bits per heavy atom. The van der Waals surface area contributed by atoms with Gasteiger partial charge >= 0.3 is 0 Å². The highest BCUT2D eigenvalue weighted by Gasteiger charge is 2.41. The van der Waals surface area contributed by atoms with Crippen molar-refractivity contribution in [2.45, 2.75) is 31.6 Å². The molecule has 11 aromatic rings. The topological polar surface area (TPSA) is 3.24 Å². The Balaban J connectivity index is 0.990. The van der Waals surface area contributed by atoms with Crippen LogP contribution >= 0.6 is 0 Å². The van der Waals surface area contributed by atoms with Crippen LogP contribution in [0.5, 0.6) is 0 Å². The smallest absolute Gasteiger partial charge is 0.0540 e. The summed E-state index contributed by atoms with van der Waals surface area (Å²) in [5.41, 5.74) is 26.8. The van der Waals surface area contributed by atoms with Gasteiger partial charge in [-0.1, -0.05) is 244 Å². The first kappa shape index (κ1) is 43.3. The van der Waals surface area contributed by atoms with E-state index in [1.54, 1.807) is 0 Å². The molecule has 0 radical (unpaired) electrons. The Bertz CT molecular complexity index is 3830. The third kappa shape index (κ3) is 6.91. The van der Waals surface area contributed by atoms with Gasteiger partial charge in [0.1, 0.15) is 0 Å². The highest BCUT2D eigenvalue weighted by atomic mass is 15.1. The van der Waals surface area contributed by atoms with Crippen molar-refractivity contribution >= 4 is 17.1 Å². The Hall–Kier alpha value is -8.78. The average Bonchev–Trinajstić information content (AvgIpc) is 3.85. The summed E-state index contributed by atoms with van der Waals surface area (Å²) in [6.07, 6.45) is 0. The highest BCUT2D eigenvalue weighted by molar-refractivity contribution is 5.98. The fourth-order valence-electron chi connectivity index (χ4n) is 12.3. The molecule has 72 heavy (non-hydrogen) atoms. The summed E-state index contributed by atoms with van der Waals surface area (Å²) in [5, 5.41) is 0. The van der Waals surface area contributed by atoms with E-state index in [0.29, 0.717) is 0 Å². The minimum absolute atomic E-state index is 0.192.